The maximum Gasteiger partial charge on any atom is 0.222 e. The smallest absolute Gasteiger partial charge is 0.222 e. The molecule has 2 aliphatic heterocycles. The van der Waals surface area contributed by atoms with Gasteiger partial charge in [0.15, 0.2) is 0 Å². The molecule has 9 heteroatoms. The molecule has 0 spiro atoms. The van der Waals surface area contributed by atoms with Crippen LogP contribution in [0.3, 0.4) is 0 Å². The highest BCUT2D eigenvalue weighted by atomic mass is 32.2. The van der Waals surface area contributed by atoms with Crippen molar-refractivity contribution in [3.63, 3.8) is 0 Å². The number of hydrogen-bond donors (Lipinski definition) is 0. The summed E-state index contributed by atoms with van der Waals surface area (Å²) < 4.78 is 28.5. The number of fused-ring (bicyclic) bond motifs is 1. The van der Waals surface area contributed by atoms with Crippen LogP contribution in [0.1, 0.15) is 43.5 Å². The fraction of sp³-hybridized carbons (Fsp3) is 0.786. The molecule has 1 aromatic heterocycles. The predicted octanol–water partition coefficient (Wildman–Crippen LogP) is 0.0984. The van der Waals surface area contributed by atoms with Gasteiger partial charge < -0.3 is 4.90 Å². The lowest BCUT2D eigenvalue weighted by Gasteiger charge is -2.20. The Morgan fingerprint density at radius 3 is 2.65 bits per heavy atom. The maximum atomic E-state index is 12.6. The molecule has 1 saturated carbocycles. The summed E-state index contributed by atoms with van der Waals surface area (Å²) in [7, 11) is -3.20. The van der Waals surface area contributed by atoms with Gasteiger partial charge in [0, 0.05) is 26.1 Å². The molecule has 1 aromatic rings. The van der Waals surface area contributed by atoms with Crippen molar-refractivity contribution in [1.82, 2.24) is 24.2 Å². The van der Waals surface area contributed by atoms with Crippen molar-refractivity contribution in [2.75, 3.05) is 13.1 Å². The largest absolute Gasteiger partial charge is 0.337 e. The Morgan fingerprint density at radius 2 is 1.96 bits per heavy atom. The van der Waals surface area contributed by atoms with Crippen LogP contribution in [0.15, 0.2) is 0 Å². The quantitative estimate of drug-likeness (QED) is 0.776. The van der Waals surface area contributed by atoms with E-state index in [4.69, 9.17) is 0 Å². The van der Waals surface area contributed by atoms with Gasteiger partial charge in [-0.3, -0.25) is 4.79 Å². The number of carbonyl (C=O) groups is 1. The molecule has 4 rings (SSSR count). The van der Waals surface area contributed by atoms with E-state index in [0.717, 1.165) is 43.6 Å². The standard InChI is InChI=1S/C14H21N5O3S/c20-14-3-1-6-17(14)9-12-13-10-18(23(21,22)11-4-5-11)7-2-8-19(13)16-15-12/h11H,1-10H2. The molecule has 0 bridgehead atoms. The minimum absolute atomic E-state index is 0.142. The predicted molar refractivity (Wildman–Crippen MR) is 81.6 cm³/mol. The average molecular weight is 339 g/mol. The second kappa shape index (κ2) is 5.55. The third kappa shape index (κ3) is 2.76. The van der Waals surface area contributed by atoms with E-state index in [1.165, 1.54) is 0 Å². The van der Waals surface area contributed by atoms with E-state index in [0.29, 0.717) is 32.6 Å². The van der Waals surface area contributed by atoms with Gasteiger partial charge in [-0.05, 0) is 25.7 Å². The van der Waals surface area contributed by atoms with Crippen LogP contribution >= 0.6 is 0 Å². The van der Waals surface area contributed by atoms with Gasteiger partial charge in [0.25, 0.3) is 0 Å². The van der Waals surface area contributed by atoms with E-state index >= 15 is 0 Å². The molecule has 0 atom stereocenters. The molecular formula is C14H21N5O3S. The number of rotatable bonds is 4. The number of nitrogens with zero attached hydrogens (tertiary/aromatic N) is 5. The van der Waals surface area contributed by atoms with Gasteiger partial charge in [-0.1, -0.05) is 5.21 Å². The normalized spacial score (nSPS) is 23.1. The summed E-state index contributed by atoms with van der Waals surface area (Å²) >= 11 is 0. The zero-order valence-corrected chi connectivity index (χ0v) is 13.8. The van der Waals surface area contributed by atoms with Crippen LogP contribution < -0.4 is 0 Å². The SMILES string of the molecule is O=C1CCCN1Cc1nnn2c1CN(S(=O)(=O)C1CC1)CCC2. The van der Waals surface area contributed by atoms with Gasteiger partial charge in [0.2, 0.25) is 15.9 Å². The highest BCUT2D eigenvalue weighted by Crippen LogP contribution is 2.32. The summed E-state index contributed by atoms with van der Waals surface area (Å²) in [6.45, 7) is 2.71. The van der Waals surface area contributed by atoms with Crippen molar-refractivity contribution in [3.05, 3.63) is 11.4 Å². The second-order valence-electron chi connectivity index (χ2n) is 6.56. The van der Waals surface area contributed by atoms with Gasteiger partial charge in [0.05, 0.1) is 24.0 Å². The van der Waals surface area contributed by atoms with E-state index in [-0.39, 0.29) is 11.2 Å². The fourth-order valence-corrected chi connectivity index (χ4v) is 5.17. The fourth-order valence-electron chi connectivity index (χ4n) is 3.33. The van der Waals surface area contributed by atoms with Gasteiger partial charge in [-0.25, -0.2) is 13.1 Å². The first-order valence-corrected chi connectivity index (χ1v) is 9.74. The molecule has 0 aromatic carbocycles. The van der Waals surface area contributed by atoms with Crippen LogP contribution in [0.2, 0.25) is 0 Å². The molecule has 0 N–H and O–H groups in total. The molecule has 3 aliphatic rings. The van der Waals surface area contributed by atoms with Crippen molar-refractivity contribution < 1.29 is 13.2 Å². The minimum Gasteiger partial charge on any atom is -0.337 e. The summed E-state index contributed by atoms with van der Waals surface area (Å²) in [5.74, 6) is 0.142. The van der Waals surface area contributed by atoms with E-state index in [2.05, 4.69) is 10.3 Å². The third-order valence-corrected chi connectivity index (χ3v) is 7.18. The van der Waals surface area contributed by atoms with Gasteiger partial charge in [0.1, 0.15) is 5.69 Å². The van der Waals surface area contributed by atoms with Crippen LogP contribution in [0.5, 0.6) is 0 Å². The average Bonchev–Trinajstić information content (AvgIpc) is 3.27. The van der Waals surface area contributed by atoms with Crippen LogP contribution in [0.25, 0.3) is 0 Å². The van der Waals surface area contributed by atoms with Crippen LogP contribution in [-0.2, 0) is 34.5 Å². The van der Waals surface area contributed by atoms with E-state index < -0.39 is 10.0 Å². The van der Waals surface area contributed by atoms with Gasteiger partial charge >= 0.3 is 0 Å². The molecule has 1 amide bonds. The van der Waals surface area contributed by atoms with Crippen LogP contribution in [0.4, 0.5) is 0 Å². The van der Waals surface area contributed by atoms with E-state index in [9.17, 15) is 13.2 Å². The molecule has 2 fully saturated rings. The first-order valence-electron chi connectivity index (χ1n) is 8.23. The lowest BCUT2D eigenvalue weighted by Crippen LogP contribution is -2.34. The van der Waals surface area contributed by atoms with E-state index in [1.807, 2.05) is 0 Å². The molecule has 1 aliphatic carbocycles. The first-order chi connectivity index (χ1) is 11.1. The molecular weight excluding hydrogens is 318 g/mol. The lowest BCUT2D eigenvalue weighted by molar-refractivity contribution is -0.128. The number of aromatic nitrogens is 3. The first kappa shape index (κ1) is 15.1. The second-order valence-corrected chi connectivity index (χ2v) is 8.77. The Kier molecular flexibility index (Phi) is 3.64. The third-order valence-electron chi connectivity index (χ3n) is 4.84. The van der Waals surface area contributed by atoms with Crippen molar-refractivity contribution in [2.45, 2.75) is 57.0 Å². The minimum atomic E-state index is -3.20. The Labute approximate surface area is 135 Å². The topological polar surface area (TPSA) is 88.4 Å². The van der Waals surface area contributed by atoms with Gasteiger partial charge in [-0.15, -0.1) is 5.10 Å². The zero-order valence-electron chi connectivity index (χ0n) is 13.0. The molecule has 0 unspecified atom stereocenters. The summed E-state index contributed by atoms with van der Waals surface area (Å²) in [6.07, 6.45) is 3.75. The number of amides is 1. The Morgan fingerprint density at radius 1 is 1.13 bits per heavy atom. The molecule has 8 nitrogen and oxygen atoms in total. The number of carbonyl (C=O) groups excluding carboxylic acids is 1. The number of aryl methyl sites for hydroxylation is 1. The maximum absolute atomic E-state index is 12.6. The summed E-state index contributed by atoms with van der Waals surface area (Å²) in [5.41, 5.74) is 1.57. The number of hydrogen-bond acceptors (Lipinski definition) is 5. The summed E-state index contributed by atoms with van der Waals surface area (Å²) in [4.78, 5) is 13.6. The number of sulfonamides is 1. The lowest BCUT2D eigenvalue weighted by atomic mass is 10.3. The number of likely N-dealkylation sites (tertiary alicyclic amines) is 1. The molecule has 23 heavy (non-hydrogen) atoms. The van der Waals surface area contributed by atoms with Crippen molar-refractivity contribution in [3.8, 4) is 0 Å². The Balaban J connectivity index is 1.58. The highest BCUT2D eigenvalue weighted by Gasteiger charge is 2.41. The molecule has 0 radical (unpaired) electrons. The Hall–Kier alpha value is -1.48. The monoisotopic (exact) mass is 339 g/mol. The van der Waals surface area contributed by atoms with Crippen molar-refractivity contribution >= 4 is 15.9 Å². The highest BCUT2D eigenvalue weighted by molar-refractivity contribution is 7.90. The molecule has 126 valence electrons. The van der Waals surface area contributed by atoms with E-state index in [1.54, 1.807) is 13.9 Å². The summed E-state index contributed by atoms with van der Waals surface area (Å²) in [5, 5.41) is 8.18. The Bertz CT molecular complexity index is 725. The van der Waals surface area contributed by atoms with Crippen LogP contribution in [-0.4, -0.2) is 56.9 Å². The summed E-state index contributed by atoms with van der Waals surface area (Å²) in [6, 6.07) is 0. The van der Waals surface area contributed by atoms with Gasteiger partial charge in [-0.2, -0.15) is 4.31 Å². The van der Waals surface area contributed by atoms with Crippen LogP contribution in [0, 0.1) is 0 Å². The molecule has 1 saturated heterocycles. The zero-order chi connectivity index (χ0) is 16.0. The molecule has 3 heterocycles. The van der Waals surface area contributed by atoms with Crippen molar-refractivity contribution in [1.29, 1.82) is 0 Å². The van der Waals surface area contributed by atoms with Crippen molar-refractivity contribution in [2.24, 2.45) is 0 Å².